The van der Waals surface area contributed by atoms with E-state index < -0.39 is 5.97 Å². The molecule has 0 spiro atoms. The van der Waals surface area contributed by atoms with Crippen molar-refractivity contribution >= 4 is 17.7 Å². The number of benzene rings is 1. The first-order valence-electron chi connectivity index (χ1n) is 12.1. The van der Waals surface area contributed by atoms with Gasteiger partial charge in [0.05, 0.1) is 0 Å². The summed E-state index contributed by atoms with van der Waals surface area (Å²) in [5, 5.41) is 20.2. The summed E-state index contributed by atoms with van der Waals surface area (Å²) >= 11 is 1.52. The second-order valence-corrected chi connectivity index (χ2v) is 12.1. The summed E-state index contributed by atoms with van der Waals surface area (Å²) in [4.78, 5) is 11.8. The van der Waals surface area contributed by atoms with Gasteiger partial charge in [0.1, 0.15) is 11.0 Å². The molecule has 0 saturated heterocycles. The molecule has 0 aliphatic rings. The summed E-state index contributed by atoms with van der Waals surface area (Å²) in [7, 11) is 0. The van der Waals surface area contributed by atoms with Crippen LogP contribution in [0.2, 0.25) is 0 Å². The van der Waals surface area contributed by atoms with E-state index in [2.05, 4.69) is 60.6 Å². The van der Waals surface area contributed by atoms with Crippen LogP contribution in [0.5, 0.6) is 5.75 Å². The van der Waals surface area contributed by atoms with Crippen LogP contribution in [0, 0.1) is 0 Å². The van der Waals surface area contributed by atoms with Crippen molar-refractivity contribution in [2.75, 3.05) is 0 Å². The first kappa shape index (κ1) is 27.9. The van der Waals surface area contributed by atoms with Crippen molar-refractivity contribution in [3.63, 3.8) is 0 Å². The Hall–Kier alpha value is -1.16. The summed E-state index contributed by atoms with van der Waals surface area (Å²) in [6.07, 6.45) is 10.5. The fraction of sp³-hybridized carbons (Fsp3) is 0.741. The maximum absolute atomic E-state index is 11.8. The van der Waals surface area contributed by atoms with Gasteiger partial charge in [-0.25, -0.2) is 0 Å². The van der Waals surface area contributed by atoms with Crippen LogP contribution in [0.4, 0.5) is 0 Å². The molecule has 4 heteroatoms. The normalized spacial score (nSPS) is 13.4. The van der Waals surface area contributed by atoms with Gasteiger partial charge in [0.15, 0.2) is 0 Å². The van der Waals surface area contributed by atoms with Crippen LogP contribution >= 0.6 is 11.8 Å². The van der Waals surface area contributed by atoms with E-state index in [1.807, 2.05) is 0 Å². The number of rotatable bonds is 13. The highest BCUT2D eigenvalue weighted by atomic mass is 32.2. The minimum Gasteiger partial charge on any atom is -0.507 e. The Bertz CT molecular complexity index is 648. The molecular formula is C27H46O3S. The number of aromatic hydroxyl groups is 1. The molecule has 2 N–H and O–H groups in total. The Morgan fingerprint density at radius 3 is 1.74 bits per heavy atom. The number of carboxylic acids is 1. The number of aliphatic carboxylic acids is 1. The molecule has 0 amide bonds. The van der Waals surface area contributed by atoms with Crippen molar-refractivity contribution in [2.24, 2.45) is 0 Å². The summed E-state index contributed by atoms with van der Waals surface area (Å²) < 4.78 is 0. The lowest BCUT2D eigenvalue weighted by molar-refractivity contribution is -0.136. The van der Waals surface area contributed by atoms with Crippen molar-refractivity contribution in [2.45, 2.75) is 128 Å². The summed E-state index contributed by atoms with van der Waals surface area (Å²) in [5.74, 6) is 0.321. The third-order valence-electron chi connectivity index (χ3n) is 5.83. The van der Waals surface area contributed by atoms with Crippen LogP contribution in [0.1, 0.15) is 123 Å². The van der Waals surface area contributed by atoms with E-state index >= 15 is 0 Å². The van der Waals surface area contributed by atoms with E-state index in [-0.39, 0.29) is 16.1 Å². The van der Waals surface area contributed by atoms with Crippen LogP contribution in [0.3, 0.4) is 0 Å². The summed E-state index contributed by atoms with van der Waals surface area (Å²) in [5.41, 5.74) is 2.62. The van der Waals surface area contributed by atoms with E-state index in [0.717, 1.165) is 36.0 Å². The first-order chi connectivity index (χ1) is 14.4. The Morgan fingerprint density at radius 2 is 1.32 bits per heavy atom. The zero-order valence-corrected chi connectivity index (χ0v) is 21.8. The molecule has 178 valence electrons. The monoisotopic (exact) mass is 450 g/mol. The lowest BCUT2D eigenvalue weighted by Crippen LogP contribution is -2.19. The number of unbranched alkanes of at least 4 members (excludes halogenated alkanes) is 7. The standard InChI is InChI=1S/C27H46O3S/c1-8-9-10-11-12-13-14-15-16-23(25(29)30)31-19-20-17-21(26(2,3)4)24(28)22(18-20)27(5,6)7/h17-18,23,28H,8-16,19H2,1-7H3,(H,29,30). The minimum absolute atomic E-state index is 0.173. The molecule has 0 aliphatic heterocycles. The SMILES string of the molecule is CCCCCCCCCCC(SCc1cc(C(C)(C)C)c(O)c(C(C)(C)C)c1)C(=O)O. The number of thioether (sulfide) groups is 1. The molecule has 0 fully saturated rings. The zero-order chi connectivity index (χ0) is 23.7. The summed E-state index contributed by atoms with van der Waals surface area (Å²) in [6.45, 7) is 14.9. The lowest BCUT2D eigenvalue weighted by atomic mass is 9.78. The molecule has 0 aromatic heterocycles. The van der Waals surface area contributed by atoms with Crippen LogP contribution in [-0.2, 0) is 21.4 Å². The third kappa shape index (κ3) is 9.89. The molecule has 1 aromatic rings. The van der Waals surface area contributed by atoms with Crippen molar-refractivity contribution in [1.82, 2.24) is 0 Å². The van der Waals surface area contributed by atoms with Crippen LogP contribution < -0.4 is 0 Å². The van der Waals surface area contributed by atoms with E-state index in [0.29, 0.717) is 11.5 Å². The van der Waals surface area contributed by atoms with E-state index in [1.54, 1.807) is 0 Å². The highest BCUT2D eigenvalue weighted by molar-refractivity contribution is 7.99. The van der Waals surface area contributed by atoms with Gasteiger partial charge in [-0.2, -0.15) is 0 Å². The zero-order valence-electron chi connectivity index (χ0n) is 21.0. The minimum atomic E-state index is -0.709. The van der Waals surface area contributed by atoms with E-state index in [9.17, 15) is 15.0 Å². The highest BCUT2D eigenvalue weighted by Gasteiger charge is 2.27. The number of hydrogen-bond donors (Lipinski definition) is 2. The van der Waals surface area contributed by atoms with Gasteiger partial charge in [-0.15, -0.1) is 11.8 Å². The van der Waals surface area contributed by atoms with Crippen LogP contribution in [0.15, 0.2) is 12.1 Å². The fourth-order valence-electron chi connectivity index (χ4n) is 3.86. The van der Waals surface area contributed by atoms with Crippen molar-refractivity contribution < 1.29 is 15.0 Å². The predicted molar refractivity (Wildman–Crippen MR) is 135 cm³/mol. The van der Waals surface area contributed by atoms with Crippen molar-refractivity contribution in [3.8, 4) is 5.75 Å². The second-order valence-electron chi connectivity index (χ2n) is 10.9. The van der Waals surface area contributed by atoms with Gasteiger partial charge in [-0.05, 0) is 33.9 Å². The molecule has 3 nitrogen and oxygen atoms in total. The number of phenols is 1. The maximum atomic E-state index is 11.8. The largest absolute Gasteiger partial charge is 0.507 e. The van der Waals surface area contributed by atoms with Crippen LogP contribution in [0.25, 0.3) is 0 Å². The Labute approximate surface area is 195 Å². The molecule has 1 atom stereocenters. The average Bonchev–Trinajstić information content (AvgIpc) is 2.64. The number of hydrogen-bond acceptors (Lipinski definition) is 3. The molecular weight excluding hydrogens is 404 g/mol. The Morgan fingerprint density at radius 1 is 0.871 bits per heavy atom. The Kier molecular flexibility index (Phi) is 11.5. The number of carbonyl (C=O) groups is 1. The van der Waals surface area contributed by atoms with Gasteiger partial charge in [-0.3, -0.25) is 4.79 Å². The van der Waals surface area contributed by atoms with Crippen molar-refractivity contribution in [3.05, 3.63) is 28.8 Å². The van der Waals surface area contributed by atoms with E-state index in [1.165, 1.54) is 50.3 Å². The molecule has 1 rings (SSSR count). The molecule has 31 heavy (non-hydrogen) atoms. The van der Waals surface area contributed by atoms with Gasteiger partial charge < -0.3 is 10.2 Å². The number of phenolic OH excluding ortho intramolecular Hbond substituents is 1. The number of carboxylic acid groups (broad SMARTS) is 1. The quantitative estimate of drug-likeness (QED) is 0.297. The molecule has 0 heterocycles. The Balaban J connectivity index is 2.74. The lowest BCUT2D eigenvalue weighted by Gasteiger charge is -2.28. The molecule has 0 aliphatic carbocycles. The predicted octanol–water partition coefficient (Wildman–Crippen LogP) is 8.20. The third-order valence-corrected chi connectivity index (χ3v) is 7.17. The second kappa shape index (κ2) is 12.8. The van der Waals surface area contributed by atoms with E-state index in [4.69, 9.17) is 0 Å². The fourth-order valence-corrected chi connectivity index (χ4v) is 4.90. The van der Waals surface area contributed by atoms with Gasteiger partial charge in [0.25, 0.3) is 0 Å². The molecule has 0 saturated carbocycles. The molecule has 1 unspecified atom stereocenters. The average molecular weight is 451 g/mol. The highest BCUT2D eigenvalue weighted by Crippen LogP contribution is 2.40. The maximum Gasteiger partial charge on any atom is 0.316 e. The first-order valence-corrected chi connectivity index (χ1v) is 13.1. The molecule has 1 aromatic carbocycles. The van der Waals surface area contributed by atoms with Gasteiger partial charge >= 0.3 is 5.97 Å². The van der Waals surface area contributed by atoms with Crippen LogP contribution in [-0.4, -0.2) is 21.4 Å². The van der Waals surface area contributed by atoms with Gasteiger partial charge in [-0.1, -0.05) is 112 Å². The van der Waals surface area contributed by atoms with Gasteiger partial charge in [0.2, 0.25) is 0 Å². The summed E-state index contributed by atoms with van der Waals surface area (Å²) in [6, 6.07) is 4.12. The smallest absolute Gasteiger partial charge is 0.316 e. The van der Waals surface area contributed by atoms with Gasteiger partial charge in [0, 0.05) is 5.75 Å². The molecule has 0 radical (unpaired) electrons. The van der Waals surface area contributed by atoms with Crippen molar-refractivity contribution in [1.29, 1.82) is 0 Å². The topological polar surface area (TPSA) is 57.5 Å². The molecule has 0 bridgehead atoms.